The van der Waals surface area contributed by atoms with Crippen molar-refractivity contribution in [1.29, 1.82) is 0 Å². The number of rotatable bonds is 2. The Balaban J connectivity index is 2.53. The summed E-state index contributed by atoms with van der Waals surface area (Å²) in [6.07, 6.45) is 2.85. The lowest BCUT2D eigenvalue weighted by atomic mass is 10.00. The molecule has 0 aromatic heterocycles. The van der Waals surface area contributed by atoms with E-state index in [0.717, 1.165) is 0 Å². The smallest absolute Gasteiger partial charge is 0.302 e. The molecule has 0 aliphatic heterocycles. The van der Waals surface area contributed by atoms with Crippen LogP contribution in [0.3, 0.4) is 0 Å². The number of allylic oxidation sites excluding steroid dienone is 2. The van der Waals surface area contributed by atoms with Gasteiger partial charge in [-0.15, -0.1) is 0 Å². The number of ether oxygens (including phenoxy) is 1. The summed E-state index contributed by atoms with van der Waals surface area (Å²) in [5.41, 5.74) is 0.505. The zero-order valence-corrected chi connectivity index (χ0v) is 7.30. The molecular formula is C9H12O4. The number of aliphatic hydroxyl groups excluding tert-OH is 2. The first kappa shape index (κ1) is 9.95. The van der Waals surface area contributed by atoms with Gasteiger partial charge in [0, 0.05) is 6.92 Å². The van der Waals surface area contributed by atoms with Gasteiger partial charge >= 0.3 is 5.97 Å². The van der Waals surface area contributed by atoms with Crippen molar-refractivity contribution in [2.45, 2.75) is 19.1 Å². The highest BCUT2D eigenvalue weighted by Gasteiger charge is 2.21. The quantitative estimate of drug-likeness (QED) is 0.582. The minimum Gasteiger partial charge on any atom is -0.461 e. The van der Waals surface area contributed by atoms with Crippen molar-refractivity contribution in [2.75, 3.05) is 6.61 Å². The molecule has 0 heterocycles. The van der Waals surface area contributed by atoms with E-state index in [1.54, 1.807) is 12.2 Å². The molecule has 1 rings (SSSR count). The van der Waals surface area contributed by atoms with Gasteiger partial charge in [-0.1, -0.05) is 18.2 Å². The Morgan fingerprint density at radius 3 is 2.92 bits per heavy atom. The third-order valence-electron chi connectivity index (χ3n) is 1.76. The lowest BCUT2D eigenvalue weighted by Crippen LogP contribution is -2.30. The average Bonchev–Trinajstić information content (AvgIpc) is 2.07. The number of hydrogen-bond acceptors (Lipinski definition) is 4. The average molecular weight is 184 g/mol. The van der Waals surface area contributed by atoms with Gasteiger partial charge in [0.2, 0.25) is 0 Å². The fourth-order valence-electron chi connectivity index (χ4n) is 1.03. The van der Waals surface area contributed by atoms with Gasteiger partial charge in [0.25, 0.3) is 0 Å². The van der Waals surface area contributed by atoms with Crippen LogP contribution in [-0.4, -0.2) is 35.0 Å². The Morgan fingerprint density at radius 1 is 1.62 bits per heavy atom. The zero-order chi connectivity index (χ0) is 9.84. The standard InChI is InChI=1S/C9H12O4/c1-6(10)13-5-7-3-2-4-8(11)9(7)12/h2-4,8-9,11-12H,5H2,1H3/t8-,9+/m0/s1. The largest absolute Gasteiger partial charge is 0.461 e. The number of hydrogen-bond donors (Lipinski definition) is 2. The van der Waals surface area contributed by atoms with E-state index >= 15 is 0 Å². The Hall–Kier alpha value is -1.13. The van der Waals surface area contributed by atoms with E-state index in [9.17, 15) is 15.0 Å². The fourth-order valence-corrected chi connectivity index (χ4v) is 1.03. The van der Waals surface area contributed by atoms with Crippen LogP contribution < -0.4 is 0 Å². The van der Waals surface area contributed by atoms with E-state index in [0.29, 0.717) is 5.57 Å². The molecule has 2 atom stereocenters. The Kier molecular flexibility index (Phi) is 3.22. The summed E-state index contributed by atoms with van der Waals surface area (Å²) >= 11 is 0. The Labute approximate surface area is 76.1 Å². The minimum absolute atomic E-state index is 0.0257. The molecule has 0 aromatic rings. The molecule has 0 aromatic carbocycles. The molecule has 4 nitrogen and oxygen atoms in total. The maximum atomic E-state index is 10.5. The second-order valence-electron chi connectivity index (χ2n) is 2.84. The van der Waals surface area contributed by atoms with Gasteiger partial charge in [0.1, 0.15) is 18.8 Å². The highest BCUT2D eigenvalue weighted by molar-refractivity contribution is 5.66. The lowest BCUT2D eigenvalue weighted by Gasteiger charge is -2.20. The minimum atomic E-state index is -0.968. The normalized spacial score (nSPS) is 26.8. The van der Waals surface area contributed by atoms with Crippen molar-refractivity contribution < 1.29 is 19.7 Å². The van der Waals surface area contributed by atoms with Crippen LogP contribution in [0, 0.1) is 0 Å². The third-order valence-corrected chi connectivity index (χ3v) is 1.76. The molecule has 2 N–H and O–H groups in total. The van der Waals surface area contributed by atoms with E-state index in [1.165, 1.54) is 13.0 Å². The molecule has 0 unspecified atom stereocenters. The van der Waals surface area contributed by atoms with Gasteiger partial charge in [-0.3, -0.25) is 4.79 Å². The van der Waals surface area contributed by atoms with E-state index in [2.05, 4.69) is 4.74 Å². The second kappa shape index (κ2) is 4.20. The van der Waals surface area contributed by atoms with Crippen LogP contribution in [0.1, 0.15) is 6.92 Å². The summed E-state index contributed by atoms with van der Waals surface area (Å²) < 4.78 is 4.69. The predicted octanol–water partition coefficient (Wildman–Crippen LogP) is -0.232. The zero-order valence-electron chi connectivity index (χ0n) is 7.30. The van der Waals surface area contributed by atoms with Crippen LogP contribution in [-0.2, 0) is 9.53 Å². The van der Waals surface area contributed by atoms with Gasteiger partial charge in [0.15, 0.2) is 0 Å². The number of aliphatic hydroxyl groups is 2. The first-order valence-electron chi connectivity index (χ1n) is 3.98. The van der Waals surface area contributed by atoms with Crippen LogP contribution in [0.25, 0.3) is 0 Å². The van der Waals surface area contributed by atoms with Crippen LogP contribution in [0.4, 0.5) is 0 Å². The van der Waals surface area contributed by atoms with Crippen LogP contribution >= 0.6 is 0 Å². The SMILES string of the molecule is CC(=O)OCC1=CC=C[C@H](O)[C@@H]1O. The monoisotopic (exact) mass is 184 g/mol. The molecule has 0 spiro atoms. The van der Waals surface area contributed by atoms with Crippen molar-refractivity contribution in [3.05, 3.63) is 23.8 Å². The topological polar surface area (TPSA) is 66.8 Å². The summed E-state index contributed by atoms with van der Waals surface area (Å²) in [4.78, 5) is 10.5. The van der Waals surface area contributed by atoms with E-state index < -0.39 is 18.2 Å². The van der Waals surface area contributed by atoms with E-state index in [-0.39, 0.29) is 6.61 Å². The summed E-state index contributed by atoms with van der Waals surface area (Å²) in [6.45, 7) is 1.32. The van der Waals surface area contributed by atoms with Gasteiger partial charge in [-0.25, -0.2) is 0 Å². The first-order chi connectivity index (χ1) is 6.11. The van der Waals surface area contributed by atoms with Crippen LogP contribution in [0.15, 0.2) is 23.8 Å². The first-order valence-corrected chi connectivity index (χ1v) is 3.98. The summed E-state index contributed by atoms with van der Waals surface area (Å²) in [7, 11) is 0. The van der Waals surface area contributed by atoms with E-state index in [1.807, 2.05) is 0 Å². The Bertz CT molecular complexity index is 254. The number of esters is 1. The van der Waals surface area contributed by atoms with Crippen LogP contribution in [0.5, 0.6) is 0 Å². The molecule has 0 bridgehead atoms. The van der Waals surface area contributed by atoms with Crippen molar-refractivity contribution in [2.24, 2.45) is 0 Å². The highest BCUT2D eigenvalue weighted by atomic mass is 16.5. The van der Waals surface area contributed by atoms with E-state index in [4.69, 9.17) is 0 Å². The van der Waals surface area contributed by atoms with Crippen molar-refractivity contribution in [3.63, 3.8) is 0 Å². The molecule has 13 heavy (non-hydrogen) atoms. The van der Waals surface area contributed by atoms with Crippen molar-refractivity contribution in [3.8, 4) is 0 Å². The number of carbonyl (C=O) groups is 1. The lowest BCUT2D eigenvalue weighted by molar-refractivity contribution is -0.140. The molecule has 0 radical (unpaired) electrons. The van der Waals surface area contributed by atoms with Gasteiger partial charge < -0.3 is 14.9 Å². The predicted molar refractivity (Wildman–Crippen MR) is 45.9 cm³/mol. The maximum absolute atomic E-state index is 10.5. The van der Waals surface area contributed by atoms with Crippen LogP contribution in [0.2, 0.25) is 0 Å². The molecule has 0 amide bonds. The van der Waals surface area contributed by atoms with Gasteiger partial charge in [-0.2, -0.15) is 0 Å². The molecule has 1 aliphatic carbocycles. The van der Waals surface area contributed by atoms with Gasteiger partial charge in [-0.05, 0) is 5.57 Å². The molecule has 0 fully saturated rings. The molecule has 4 heteroatoms. The summed E-state index contributed by atoms with van der Waals surface area (Å²) in [6, 6.07) is 0. The molecule has 0 saturated heterocycles. The Morgan fingerprint density at radius 2 is 2.31 bits per heavy atom. The second-order valence-corrected chi connectivity index (χ2v) is 2.84. The molecule has 0 saturated carbocycles. The molecule has 72 valence electrons. The molecular weight excluding hydrogens is 172 g/mol. The summed E-state index contributed by atoms with van der Waals surface area (Å²) in [5.74, 6) is -0.405. The number of carbonyl (C=O) groups excluding carboxylic acids is 1. The maximum Gasteiger partial charge on any atom is 0.302 e. The van der Waals surface area contributed by atoms with Crippen molar-refractivity contribution >= 4 is 5.97 Å². The van der Waals surface area contributed by atoms with Crippen molar-refractivity contribution in [1.82, 2.24) is 0 Å². The van der Waals surface area contributed by atoms with Gasteiger partial charge in [0.05, 0.1) is 0 Å². The molecule has 1 aliphatic rings. The third kappa shape index (κ3) is 2.68. The summed E-state index contributed by atoms with van der Waals surface area (Å²) in [5, 5.41) is 18.6. The highest BCUT2D eigenvalue weighted by Crippen LogP contribution is 2.13. The fraction of sp³-hybridized carbons (Fsp3) is 0.444.